The summed E-state index contributed by atoms with van der Waals surface area (Å²) in [6.07, 6.45) is 5.37. The standard InChI is InChI=1S/C14H17N5O2/c1-18-13-3-6-19(8-10(13)12(17-18)9-21-2)14(20)11-7-15-4-5-16-11/h4-5,7H,3,6,8-9H2,1-2H3. The van der Waals surface area contributed by atoms with Crippen LogP contribution in [0.15, 0.2) is 18.6 Å². The Morgan fingerprint density at radius 1 is 1.43 bits per heavy atom. The smallest absolute Gasteiger partial charge is 0.274 e. The molecular weight excluding hydrogens is 270 g/mol. The van der Waals surface area contributed by atoms with E-state index < -0.39 is 0 Å². The van der Waals surface area contributed by atoms with Gasteiger partial charge in [0.05, 0.1) is 18.5 Å². The van der Waals surface area contributed by atoms with Crippen LogP contribution in [0.4, 0.5) is 0 Å². The van der Waals surface area contributed by atoms with E-state index >= 15 is 0 Å². The molecule has 3 heterocycles. The largest absolute Gasteiger partial charge is 0.378 e. The summed E-state index contributed by atoms with van der Waals surface area (Å²) in [5.41, 5.74) is 3.53. The van der Waals surface area contributed by atoms with Crippen molar-refractivity contribution >= 4 is 5.91 Å². The van der Waals surface area contributed by atoms with Crippen LogP contribution >= 0.6 is 0 Å². The van der Waals surface area contributed by atoms with Gasteiger partial charge in [0.15, 0.2) is 0 Å². The maximum Gasteiger partial charge on any atom is 0.274 e. The summed E-state index contributed by atoms with van der Waals surface area (Å²) >= 11 is 0. The van der Waals surface area contributed by atoms with Crippen molar-refractivity contribution in [1.29, 1.82) is 0 Å². The molecule has 0 radical (unpaired) electrons. The Bertz CT molecular complexity index is 653. The molecule has 1 aliphatic heterocycles. The third-order valence-electron chi connectivity index (χ3n) is 3.68. The Morgan fingerprint density at radius 2 is 2.29 bits per heavy atom. The van der Waals surface area contributed by atoms with Crippen LogP contribution in [0.2, 0.25) is 0 Å². The molecule has 0 fully saturated rings. The first-order valence-electron chi connectivity index (χ1n) is 6.78. The van der Waals surface area contributed by atoms with E-state index in [9.17, 15) is 4.79 Å². The van der Waals surface area contributed by atoms with E-state index in [1.807, 2.05) is 11.7 Å². The second kappa shape index (κ2) is 5.61. The topological polar surface area (TPSA) is 73.1 Å². The molecule has 2 aromatic heterocycles. The molecule has 21 heavy (non-hydrogen) atoms. The van der Waals surface area contributed by atoms with Gasteiger partial charge in [0, 0.05) is 57.3 Å². The number of amides is 1. The molecule has 110 valence electrons. The summed E-state index contributed by atoms with van der Waals surface area (Å²) in [4.78, 5) is 22.3. The minimum atomic E-state index is -0.0963. The number of hydrogen-bond donors (Lipinski definition) is 0. The Hall–Kier alpha value is -2.28. The third kappa shape index (κ3) is 2.52. The molecule has 7 heteroatoms. The molecule has 2 aromatic rings. The Kier molecular flexibility index (Phi) is 3.66. The average Bonchev–Trinajstić information content (AvgIpc) is 2.84. The summed E-state index contributed by atoms with van der Waals surface area (Å²) in [5, 5.41) is 4.47. The highest BCUT2D eigenvalue weighted by Gasteiger charge is 2.27. The first kappa shape index (κ1) is 13.7. The zero-order chi connectivity index (χ0) is 14.8. The van der Waals surface area contributed by atoms with Gasteiger partial charge in [-0.15, -0.1) is 0 Å². The Morgan fingerprint density at radius 3 is 3.00 bits per heavy atom. The summed E-state index contributed by atoms with van der Waals surface area (Å²) in [7, 11) is 3.57. The summed E-state index contributed by atoms with van der Waals surface area (Å²) < 4.78 is 7.07. The highest BCUT2D eigenvalue weighted by Crippen LogP contribution is 2.23. The van der Waals surface area contributed by atoms with E-state index in [4.69, 9.17) is 4.74 Å². The van der Waals surface area contributed by atoms with Gasteiger partial charge in [-0.25, -0.2) is 4.98 Å². The van der Waals surface area contributed by atoms with Crippen molar-refractivity contribution in [3.05, 3.63) is 41.2 Å². The highest BCUT2D eigenvalue weighted by molar-refractivity contribution is 5.92. The van der Waals surface area contributed by atoms with Crippen LogP contribution < -0.4 is 0 Å². The van der Waals surface area contributed by atoms with Gasteiger partial charge in [-0.2, -0.15) is 5.10 Å². The van der Waals surface area contributed by atoms with Gasteiger partial charge < -0.3 is 9.64 Å². The number of carbonyl (C=O) groups is 1. The third-order valence-corrected chi connectivity index (χ3v) is 3.68. The predicted octanol–water partition coefficient (Wildman–Crippen LogP) is 0.555. The van der Waals surface area contributed by atoms with Crippen molar-refractivity contribution in [3.63, 3.8) is 0 Å². The normalized spacial score (nSPS) is 14.1. The lowest BCUT2D eigenvalue weighted by Gasteiger charge is -2.27. The predicted molar refractivity (Wildman–Crippen MR) is 74.4 cm³/mol. The number of rotatable bonds is 3. The number of aryl methyl sites for hydroxylation is 1. The van der Waals surface area contributed by atoms with Crippen LogP contribution in [0, 0.1) is 0 Å². The van der Waals surface area contributed by atoms with Crippen molar-refractivity contribution in [2.24, 2.45) is 7.05 Å². The number of ether oxygens (including phenoxy) is 1. The molecule has 1 amide bonds. The first-order valence-corrected chi connectivity index (χ1v) is 6.78. The van der Waals surface area contributed by atoms with E-state index in [1.165, 1.54) is 18.1 Å². The fourth-order valence-corrected chi connectivity index (χ4v) is 2.67. The maximum absolute atomic E-state index is 12.5. The minimum Gasteiger partial charge on any atom is -0.378 e. The van der Waals surface area contributed by atoms with E-state index in [0.29, 0.717) is 25.4 Å². The van der Waals surface area contributed by atoms with Crippen LogP contribution in [0.3, 0.4) is 0 Å². The molecule has 1 aliphatic rings. The zero-order valence-electron chi connectivity index (χ0n) is 12.1. The van der Waals surface area contributed by atoms with E-state index in [1.54, 1.807) is 18.2 Å². The lowest BCUT2D eigenvalue weighted by Crippen LogP contribution is -2.37. The molecule has 7 nitrogen and oxygen atoms in total. The Balaban J connectivity index is 1.85. The second-order valence-corrected chi connectivity index (χ2v) is 5.00. The molecule has 0 bridgehead atoms. The van der Waals surface area contributed by atoms with Crippen LogP contribution in [-0.2, 0) is 31.4 Å². The van der Waals surface area contributed by atoms with Crippen molar-refractivity contribution in [3.8, 4) is 0 Å². The molecule has 0 atom stereocenters. The van der Waals surface area contributed by atoms with E-state index in [-0.39, 0.29) is 5.91 Å². The molecule has 0 saturated carbocycles. The Labute approximate surface area is 122 Å². The zero-order valence-corrected chi connectivity index (χ0v) is 12.1. The van der Waals surface area contributed by atoms with Gasteiger partial charge in [-0.05, 0) is 0 Å². The summed E-state index contributed by atoms with van der Waals surface area (Å²) in [5.74, 6) is -0.0963. The molecular formula is C14H17N5O2. The average molecular weight is 287 g/mol. The lowest BCUT2D eigenvalue weighted by molar-refractivity contribution is 0.0725. The van der Waals surface area contributed by atoms with Crippen LogP contribution in [-0.4, -0.2) is 44.2 Å². The molecule has 0 unspecified atom stereocenters. The molecule has 0 aromatic carbocycles. The number of nitrogens with zero attached hydrogens (tertiary/aromatic N) is 5. The van der Waals surface area contributed by atoms with Crippen LogP contribution in [0.1, 0.15) is 27.4 Å². The van der Waals surface area contributed by atoms with Crippen molar-refractivity contribution in [1.82, 2.24) is 24.6 Å². The van der Waals surface area contributed by atoms with Crippen molar-refractivity contribution in [2.75, 3.05) is 13.7 Å². The fraction of sp³-hybridized carbons (Fsp3) is 0.429. The molecule has 0 spiro atoms. The molecule has 0 N–H and O–H groups in total. The number of hydrogen-bond acceptors (Lipinski definition) is 5. The summed E-state index contributed by atoms with van der Waals surface area (Å²) in [6.45, 7) is 1.65. The SMILES string of the molecule is COCc1nn(C)c2c1CN(C(=O)c1cnccn1)CC2. The number of fused-ring (bicyclic) bond motifs is 1. The summed E-state index contributed by atoms with van der Waals surface area (Å²) in [6, 6.07) is 0. The fourth-order valence-electron chi connectivity index (χ4n) is 2.67. The maximum atomic E-state index is 12.5. The molecule has 0 saturated heterocycles. The van der Waals surface area contributed by atoms with Gasteiger partial charge in [0.2, 0.25) is 0 Å². The quantitative estimate of drug-likeness (QED) is 0.824. The van der Waals surface area contributed by atoms with E-state index in [2.05, 4.69) is 15.1 Å². The van der Waals surface area contributed by atoms with Crippen LogP contribution in [0.25, 0.3) is 0 Å². The number of methoxy groups -OCH3 is 1. The monoisotopic (exact) mass is 287 g/mol. The van der Waals surface area contributed by atoms with Crippen LogP contribution in [0.5, 0.6) is 0 Å². The second-order valence-electron chi connectivity index (χ2n) is 5.00. The minimum absolute atomic E-state index is 0.0963. The number of aromatic nitrogens is 4. The molecule has 0 aliphatic carbocycles. The lowest BCUT2D eigenvalue weighted by atomic mass is 10.0. The van der Waals surface area contributed by atoms with Gasteiger partial charge in [0.1, 0.15) is 5.69 Å². The van der Waals surface area contributed by atoms with Gasteiger partial charge in [-0.3, -0.25) is 14.5 Å². The van der Waals surface area contributed by atoms with Crippen molar-refractivity contribution < 1.29 is 9.53 Å². The van der Waals surface area contributed by atoms with E-state index in [0.717, 1.165) is 17.7 Å². The molecule has 3 rings (SSSR count). The van der Waals surface area contributed by atoms with Gasteiger partial charge >= 0.3 is 0 Å². The van der Waals surface area contributed by atoms with Crippen molar-refractivity contribution in [2.45, 2.75) is 19.6 Å². The highest BCUT2D eigenvalue weighted by atomic mass is 16.5. The van der Waals surface area contributed by atoms with Gasteiger partial charge in [0.25, 0.3) is 5.91 Å². The number of carbonyl (C=O) groups excluding carboxylic acids is 1. The van der Waals surface area contributed by atoms with Gasteiger partial charge in [-0.1, -0.05) is 0 Å². The first-order chi connectivity index (χ1) is 10.2.